The molecular formula is C65H71B2Br4NO5. The van der Waals surface area contributed by atoms with Crippen molar-refractivity contribution in [2.75, 3.05) is 0 Å². The number of benzene rings is 7. The first-order valence-corrected chi connectivity index (χ1v) is 29.9. The van der Waals surface area contributed by atoms with Crippen molar-refractivity contribution >= 4 is 116 Å². The van der Waals surface area contributed by atoms with Crippen LogP contribution in [0, 0.1) is 0 Å². The zero-order valence-electron chi connectivity index (χ0n) is 46.4. The molecule has 0 amide bonds. The maximum absolute atomic E-state index is 12.0. The molecule has 3 heterocycles. The molecule has 0 saturated carbocycles. The van der Waals surface area contributed by atoms with Crippen LogP contribution < -0.4 is 10.9 Å². The Morgan fingerprint density at radius 3 is 1.12 bits per heavy atom. The summed E-state index contributed by atoms with van der Waals surface area (Å²) in [4.78, 5) is 12.0. The summed E-state index contributed by atoms with van der Waals surface area (Å²) >= 11 is 13.9. The Hall–Kier alpha value is -4.10. The third kappa shape index (κ3) is 14.3. The van der Waals surface area contributed by atoms with E-state index in [0.29, 0.717) is 11.1 Å². The summed E-state index contributed by atoms with van der Waals surface area (Å²) < 4.78 is 31.1. The maximum Gasteiger partial charge on any atom is 0.494 e. The van der Waals surface area contributed by atoms with E-state index < -0.39 is 0 Å². The molecule has 8 aromatic rings. The second-order valence-corrected chi connectivity index (χ2v) is 27.0. The Labute approximate surface area is 492 Å². The number of fused-ring (bicyclic) bond motifs is 3. The number of nitrogens with zero attached hydrogens (tertiary/aromatic N) is 1. The molecule has 2 aliphatic heterocycles. The highest BCUT2D eigenvalue weighted by Gasteiger charge is 2.52. The molecule has 2 aliphatic rings. The number of hydrogen-bond acceptors (Lipinski definition) is 5. The van der Waals surface area contributed by atoms with Crippen LogP contribution in [0.3, 0.4) is 0 Å². The SMILES string of the molecule is CC(C)(C)c1ccc(-n2c3cc(Br)ccc3c3ccc(Br)cc32)cc1.CC1(C)OB(c2ccc(CCCCCCc3ccc(B4OC(C)(C)C(C)(C)O4)cc3)cc2)OC1(C)C.O=C(c1ccc(Br)cc1)c1ccc(Br)cc1. The lowest BCUT2D eigenvalue weighted by Crippen LogP contribution is -2.41. The number of ketones is 1. The van der Waals surface area contributed by atoms with E-state index in [-0.39, 0.29) is 47.8 Å². The summed E-state index contributed by atoms with van der Waals surface area (Å²) in [5.41, 5.74) is 10.3. The number of halogens is 4. The minimum absolute atomic E-state index is 0.0417. The quantitative estimate of drug-likeness (QED) is 0.0693. The third-order valence-corrected chi connectivity index (χ3v) is 17.6. The normalized spacial score (nSPS) is 16.2. The molecule has 0 radical (unpaired) electrons. The van der Waals surface area contributed by atoms with Gasteiger partial charge in [0, 0.05) is 45.5 Å². The largest absolute Gasteiger partial charge is 0.494 e. The van der Waals surface area contributed by atoms with Crippen LogP contribution in [-0.2, 0) is 36.9 Å². The van der Waals surface area contributed by atoms with Crippen LogP contribution >= 0.6 is 63.7 Å². The lowest BCUT2D eigenvalue weighted by atomic mass is 9.78. The topological polar surface area (TPSA) is 58.9 Å². The molecule has 1 aromatic heterocycles. The molecule has 400 valence electrons. The fourth-order valence-electron chi connectivity index (χ4n) is 9.38. The van der Waals surface area contributed by atoms with E-state index in [2.05, 4.69) is 254 Å². The van der Waals surface area contributed by atoms with Crippen LogP contribution in [0.2, 0.25) is 0 Å². The first kappa shape index (κ1) is 59.0. The summed E-state index contributed by atoms with van der Waals surface area (Å²) in [6, 6.07) is 54.2. The molecule has 77 heavy (non-hydrogen) atoms. The molecule has 0 aliphatic carbocycles. The highest BCUT2D eigenvalue weighted by molar-refractivity contribution is 9.11. The number of rotatable bonds is 12. The van der Waals surface area contributed by atoms with Crippen LogP contribution in [0.1, 0.15) is 134 Å². The zero-order valence-corrected chi connectivity index (χ0v) is 52.8. The fraction of sp³-hybridized carbons (Fsp3) is 0.338. The number of aryl methyl sites for hydroxylation is 2. The molecule has 0 atom stereocenters. The van der Waals surface area contributed by atoms with Gasteiger partial charge in [-0.1, -0.05) is 170 Å². The minimum atomic E-state index is -0.300. The molecular weight excluding hydrogens is 1220 g/mol. The average Bonchev–Trinajstić information content (AvgIpc) is 3.93. The molecule has 0 N–H and O–H groups in total. The highest BCUT2D eigenvalue weighted by Crippen LogP contribution is 2.39. The van der Waals surface area contributed by atoms with Crippen LogP contribution in [-0.4, -0.2) is 47.0 Å². The predicted octanol–water partition coefficient (Wildman–Crippen LogP) is 17.7. The van der Waals surface area contributed by atoms with Crippen molar-refractivity contribution in [2.24, 2.45) is 0 Å². The van der Waals surface area contributed by atoms with Gasteiger partial charge in [0.2, 0.25) is 0 Å². The highest BCUT2D eigenvalue weighted by atomic mass is 79.9. The molecule has 10 rings (SSSR count). The van der Waals surface area contributed by atoms with Gasteiger partial charge >= 0.3 is 14.2 Å². The van der Waals surface area contributed by atoms with Gasteiger partial charge in [-0.05, 0) is 199 Å². The van der Waals surface area contributed by atoms with E-state index in [9.17, 15) is 4.79 Å². The van der Waals surface area contributed by atoms with E-state index in [1.54, 1.807) is 0 Å². The molecule has 2 saturated heterocycles. The van der Waals surface area contributed by atoms with Gasteiger partial charge in [-0.2, -0.15) is 0 Å². The smallest absolute Gasteiger partial charge is 0.399 e. The first-order chi connectivity index (χ1) is 36.3. The van der Waals surface area contributed by atoms with E-state index in [4.69, 9.17) is 18.6 Å². The minimum Gasteiger partial charge on any atom is -0.399 e. The molecule has 0 bridgehead atoms. The number of aromatic nitrogens is 1. The van der Waals surface area contributed by atoms with E-state index >= 15 is 0 Å². The lowest BCUT2D eigenvalue weighted by molar-refractivity contribution is 0.00578. The summed E-state index contributed by atoms with van der Waals surface area (Å²) in [7, 11) is -0.565. The summed E-state index contributed by atoms with van der Waals surface area (Å²) in [5.74, 6) is 0.0417. The second kappa shape index (κ2) is 24.3. The average molecular weight is 1290 g/mol. The monoisotopic (exact) mass is 1280 g/mol. The molecule has 0 unspecified atom stereocenters. The standard InChI is InChI=1S/C30H44B2O4.C22H19Br2N.C13H8Br2O/c1-27(2)28(3,4)34-31(33-27)25-19-15-23(16-20-25)13-11-9-10-12-14-24-17-21-26(22-18-24)32-35-29(5,6)30(7,8)36-32;1-22(2,3)14-4-8-17(9-5-14)25-20-12-15(23)6-10-18(20)19-11-7-16(24)13-21(19)25;14-11-5-1-9(2-6-11)13(16)10-3-7-12(15)8-4-10/h15-22H,9-14H2,1-8H3;4-13H,1-3H3;1-8H. The van der Waals surface area contributed by atoms with Gasteiger partial charge in [0.25, 0.3) is 0 Å². The van der Waals surface area contributed by atoms with E-state index in [1.165, 1.54) is 69.9 Å². The summed E-state index contributed by atoms with van der Waals surface area (Å²) in [6.45, 7) is 23.5. The van der Waals surface area contributed by atoms with Crippen molar-refractivity contribution in [2.45, 2.75) is 143 Å². The van der Waals surface area contributed by atoms with Crippen molar-refractivity contribution in [1.82, 2.24) is 4.57 Å². The number of unbranched alkanes of at least 4 members (excludes halogenated alkanes) is 3. The van der Waals surface area contributed by atoms with Crippen molar-refractivity contribution in [3.8, 4) is 5.69 Å². The molecule has 0 spiro atoms. The molecule has 12 heteroatoms. The van der Waals surface area contributed by atoms with Crippen molar-refractivity contribution in [3.05, 3.63) is 203 Å². The lowest BCUT2D eigenvalue weighted by Gasteiger charge is -2.32. The van der Waals surface area contributed by atoms with Crippen LogP contribution in [0.25, 0.3) is 27.5 Å². The second-order valence-electron chi connectivity index (χ2n) is 23.4. The summed E-state index contributed by atoms with van der Waals surface area (Å²) in [6.07, 6.45) is 7.18. The Balaban J connectivity index is 0.000000165. The van der Waals surface area contributed by atoms with Crippen LogP contribution in [0.15, 0.2) is 176 Å². The fourth-order valence-corrected chi connectivity index (χ4v) is 10.6. The Morgan fingerprint density at radius 1 is 0.442 bits per heavy atom. The Bertz CT molecular complexity index is 3070. The van der Waals surface area contributed by atoms with Crippen molar-refractivity contribution < 1.29 is 23.4 Å². The van der Waals surface area contributed by atoms with E-state index in [1.807, 2.05) is 48.5 Å². The van der Waals surface area contributed by atoms with Gasteiger partial charge in [-0.25, -0.2) is 0 Å². The van der Waals surface area contributed by atoms with Crippen LogP contribution in [0.4, 0.5) is 0 Å². The summed E-state index contributed by atoms with van der Waals surface area (Å²) in [5, 5.41) is 2.54. The van der Waals surface area contributed by atoms with Gasteiger partial charge in [0.15, 0.2) is 5.78 Å². The number of carbonyl (C=O) groups is 1. The van der Waals surface area contributed by atoms with Crippen LogP contribution in [0.5, 0.6) is 0 Å². The molecule has 6 nitrogen and oxygen atoms in total. The van der Waals surface area contributed by atoms with Gasteiger partial charge in [0.1, 0.15) is 0 Å². The van der Waals surface area contributed by atoms with E-state index in [0.717, 1.165) is 41.7 Å². The Morgan fingerprint density at radius 2 is 0.779 bits per heavy atom. The predicted molar refractivity (Wildman–Crippen MR) is 337 cm³/mol. The first-order valence-electron chi connectivity index (χ1n) is 26.8. The van der Waals surface area contributed by atoms with Gasteiger partial charge < -0.3 is 23.2 Å². The van der Waals surface area contributed by atoms with Gasteiger partial charge in [-0.3, -0.25) is 4.79 Å². The Kier molecular flexibility index (Phi) is 18.6. The molecule has 7 aromatic carbocycles. The molecule has 2 fully saturated rings. The third-order valence-electron chi connectivity index (χ3n) is 15.6. The van der Waals surface area contributed by atoms with Gasteiger partial charge in [0.05, 0.1) is 33.4 Å². The zero-order chi connectivity index (χ0) is 55.5. The van der Waals surface area contributed by atoms with Crippen molar-refractivity contribution in [1.29, 1.82) is 0 Å². The van der Waals surface area contributed by atoms with Gasteiger partial charge in [-0.15, -0.1) is 0 Å². The number of hydrogen-bond donors (Lipinski definition) is 0. The van der Waals surface area contributed by atoms with Crippen molar-refractivity contribution in [3.63, 3.8) is 0 Å². The maximum atomic E-state index is 12.0. The number of carbonyl (C=O) groups excluding carboxylic acids is 1.